The third-order valence-electron chi connectivity index (χ3n) is 2.54. The number of hydrogen-bond acceptors (Lipinski definition) is 2. The van der Waals surface area contributed by atoms with Crippen molar-refractivity contribution in [3.05, 3.63) is 59.7 Å². The van der Waals surface area contributed by atoms with Gasteiger partial charge in [-0.15, -0.1) is 0 Å². The molecule has 0 unspecified atom stereocenters. The molecule has 0 atom stereocenters. The molecule has 3 heteroatoms. The number of aliphatic hydroxyl groups is 2. The van der Waals surface area contributed by atoms with Crippen molar-refractivity contribution in [3.63, 3.8) is 0 Å². The molecule has 0 aromatic heterocycles. The number of aliphatic hydroxyl groups excluding tert-OH is 2. The van der Waals surface area contributed by atoms with Crippen molar-refractivity contribution in [2.45, 2.75) is 39.5 Å². The fraction of sp³-hybridized carbons (Fsp3) is 0.444. The molecule has 0 bridgehead atoms. The number of rotatable bonds is 4. The largest absolute Gasteiger partial charge is 0.400 e. The molecule has 0 aliphatic rings. The Morgan fingerprint density at radius 1 is 0.619 bits per heavy atom. The van der Waals surface area contributed by atoms with Gasteiger partial charge in [-0.05, 0) is 0 Å². The van der Waals surface area contributed by atoms with Gasteiger partial charge in [-0.25, -0.2) is 24.3 Å². The topological polar surface area (TPSA) is 40.5 Å². The second-order valence-electron chi connectivity index (χ2n) is 4.09. The van der Waals surface area contributed by atoms with Crippen LogP contribution in [0.2, 0.25) is 0 Å². The first-order valence-electron chi connectivity index (χ1n) is 7.17. The van der Waals surface area contributed by atoms with Crippen molar-refractivity contribution in [1.29, 1.82) is 0 Å². The van der Waals surface area contributed by atoms with Crippen LogP contribution >= 0.6 is 0 Å². The molecule has 2 N–H and O–H groups in total. The Morgan fingerprint density at radius 3 is 1.05 bits per heavy atom. The fourth-order valence-corrected chi connectivity index (χ4v) is 1.74. The molecular weight excluding hydrogens is 427 g/mol. The molecule has 21 heavy (non-hydrogen) atoms. The minimum atomic E-state index is 0. The second-order valence-corrected chi connectivity index (χ2v) is 4.09. The van der Waals surface area contributed by atoms with Crippen molar-refractivity contribution >= 4 is 0 Å². The SMILES string of the molecule is CCC[c-]1cccc1.CCC[c-]1cccc1.CO.CO.[Hf]. The van der Waals surface area contributed by atoms with E-state index < -0.39 is 0 Å². The van der Waals surface area contributed by atoms with Crippen LogP contribution < -0.4 is 0 Å². The molecule has 0 radical (unpaired) electrons. The van der Waals surface area contributed by atoms with Gasteiger partial charge in [-0.2, -0.15) is 35.4 Å². The smallest absolute Gasteiger partial charge is 0.0319 e. The summed E-state index contributed by atoms with van der Waals surface area (Å²) in [6.45, 7) is 4.40. The molecule has 0 spiro atoms. The minimum Gasteiger partial charge on any atom is -0.400 e. The molecule has 0 aliphatic carbocycles. The van der Waals surface area contributed by atoms with E-state index in [0.717, 1.165) is 14.2 Å². The Labute approximate surface area is 149 Å². The van der Waals surface area contributed by atoms with Gasteiger partial charge in [-0.3, -0.25) is 0 Å². The van der Waals surface area contributed by atoms with E-state index in [2.05, 4.69) is 62.4 Å². The fourth-order valence-electron chi connectivity index (χ4n) is 1.74. The van der Waals surface area contributed by atoms with Gasteiger partial charge in [0, 0.05) is 40.1 Å². The maximum absolute atomic E-state index is 7.00. The van der Waals surface area contributed by atoms with Gasteiger partial charge in [-0.1, -0.05) is 39.5 Å². The Hall–Kier alpha value is -0.510. The standard InChI is InChI=1S/2C8H11.2CH4O.Hf/c2*1-2-5-8-6-3-4-7-8;2*1-2;/h2*3-4,6-7H,2,5H2,1H3;2*2H,1H3;/q2*-1;;;. The zero-order chi connectivity index (χ0) is 15.6. The molecule has 2 nitrogen and oxygen atoms in total. The summed E-state index contributed by atoms with van der Waals surface area (Å²) in [5.74, 6) is 0. The zero-order valence-electron chi connectivity index (χ0n) is 13.8. The van der Waals surface area contributed by atoms with Gasteiger partial charge in [0.25, 0.3) is 0 Å². The molecule has 0 heterocycles. The third-order valence-corrected chi connectivity index (χ3v) is 2.54. The van der Waals surface area contributed by atoms with Crippen LogP contribution in [0.1, 0.15) is 37.8 Å². The first-order chi connectivity index (χ1) is 9.86. The third kappa shape index (κ3) is 15.7. The molecular formula is C18H30HfO2-2. The summed E-state index contributed by atoms with van der Waals surface area (Å²) in [5.41, 5.74) is 2.93. The predicted octanol–water partition coefficient (Wildman–Crippen LogP) is 3.93. The quantitative estimate of drug-likeness (QED) is 0.540. The normalized spacial score (nSPS) is 7.90. The van der Waals surface area contributed by atoms with Gasteiger partial charge < -0.3 is 10.2 Å². The maximum Gasteiger partial charge on any atom is 0.0319 e. The van der Waals surface area contributed by atoms with Crippen LogP contribution in [-0.2, 0) is 38.7 Å². The Balaban J connectivity index is -0.000000240. The van der Waals surface area contributed by atoms with Crippen LogP contribution in [0.25, 0.3) is 0 Å². The molecule has 2 aromatic rings. The zero-order valence-corrected chi connectivity index (χ0v) is 17.4. The van der Waals surface area contributed by atoms with E-state index in [4.69, 9.17) is 10.2 Å². The summed E-state index contributed by atoms with van der Waals surface area (Å²) in [7, 11) is 2.00. The van der Waals surface area contributed by atoms with Gasteiger partial charge in [0.1, 0.15) is 0 Å². The molecule has 0 saturated carbocycles. The maximum atomic E-state index is 7.00. The minimum absolute atomic E-state index is 0. The average Bonchev–Trinajstić information content (AvgIpc) is 3.19. The molecule has 2 rings (SSSR count). The van der Waals surface area contributed by atoms with E-state index in [1.54, 1.807) is 0 Å². The van der Waals surface area contributed by atoms with Crippen LogP contribution in [0, 0.1) is 0 Å². The molecule has 120 valence electrons. The van der Waals surface area contributed by atoms with E-state index in [1.807, 2.05) is 0 Å². The van der Waals surface area contributed by atoms with Crippen LogP contribution in [0.5, 0.6) is 0 Å². The number of hydrogen-bond donors (Lipinski definition) is 2. The average molecular weight is 457 g/mol. The van der Waals surface area contributed by atoms with Gasteiger partial charge in [0.05, 0.1) is 0 Å². The van der Waals surface area contributed by atoms with Crippen LogP contribution in [-0.4, -0.2) is 24.4 Å². The summed E-state index contributed by atoms with van der Waals surface area (Å²) >= 11 is 0. The van der Waals surface area contributed by atoms with Crippen molar-refractivity contribution in [3.8, 4) is 0 Å². The molecule has 0 amide bonds. The van der Waals surface area contributed by atoms with Crippen LogP contribution in [0.15, 0.2) is 48.5 Å². The number of aryl methyl sites for hydroxylation is 2. The van der Waals surface area contributed by atoms with E-state index in [-0.39, 0.29) is 25.8 Å². The van der Waals surface area contributed by atoms with Crippen molar-refractivity contribution < 1.29 is 36.1 Å². The monoisotopic (exact) mass is 458 g/mol. The summed E-state index contributed by atoms with van der Waals surface area (Å²) in [6.07, 6.45) is 4.97. The van der Waals surface area contributed by atoms with E-state index in [9.17, 15) is 0 Å². The summed E-state index contributed by atoms with van der Waals surface area (Å²) in [5, 5.41) is 14.0. The van der Waals surface area contributed by atoms with E-state index in [0.29, 0.717) is 0 Å². The molecule has 2 aromatic carbocycles. The van der Waals surface area contributed by atoms with Crippen molar-refractivity contribution in [1.82, 2.24) is 0 Å². The molecule has 0 aliphatic heterocycles. The molecule has 0 fully saturated rings. The summed E-state index contributed by atoms with van der Waals surface area (Å²) in [4.78, 5) is 0. The van der Waals surface area contributed by atoms with E-state index in [1.165, 1.54) is 36.8 Å². The second kappa shape index (κ2) is 21.8. The Bertz CT molecular complexity index is 303. The van der Waals surface area contributed by atoms with Crippen molar-refractivity contribution in [2.75, 3.05) is 14.2 Å². The van der Waals surface area contributed by atoms with Crippen molar-refractivity contribution in [2.24, 2.45) is 0 Å². The Kier molecular flexibility index (Phi) is 26.4. The molecule has 0 saturated heterocycles. The van der Waals surface area contributed by atoms with Crippen LogP contribution in [0.3, 0.4) is 0 Å². The van der Waals surface area contributed by atoms with Gasteiger partial charge in [0.2, 0.25) is 0 Å². The first kappa shape index (κ1) is 25.4. The van der Waals surface area contributed by atoms with E-state index >= 15 is 0 Å². The summed E-state index contributed by atoms with van der Waals surface area (Å²) in [6, 6.07) is 17.0. The van der Waals surface area contributed by atoms with Crippen LogP contribution in [0.4, 0.5) is 0 Å². The summed E-state index contributed by atoms with van der Waals surface area (Å²) < 4.78 is 0. The van der Waals surface area contributed by atoms with Gasteiger partial charge in [0.15, 0.2) is 0 Å². The Morgan fingerprint density at radius 2 is 0.857 bits per heavy atom. The predicted molar refractivity (Wildman–Crippen MR) is 88.3 cm³/mol. The van der Waals surface area contributed by atoms with Gasteiger partial charge >= 0.3 is 0 Å². The first-order valence-corrected chi connectivity index (χ1v) is 7.17.